The van der Waals surface area contributed by atoms with E-state index in [0.717, 1.165) is 42.5 Å². The van der Waals surface area contributed by atoms with Crippen molar-refractivity contribution in [1.82, 2.24) is 10.1 Å². The van der Waals surface area contributed by atoms with Gasteiger partial charge in [-0.2, -0.15) is 0 Å². The molecule has 1 aromatic carbocycles. The van der Waals surface area contributed by atoms with Gasteiger partial charge in [-0.3, -0.25) is 4.90 Å². The smallest absolute Gasteiger partial charge is 0.161 e. The average molecular weight is 344 g/mol. The van der Waals surface area contributed by atoms with E-state index >= 15 is 0 Å². The zero-order valence-corrected chi connectivity index (χ0v) is 15.6. The van der Waals surface area contributed by atoms with E-state index in [1.54, 1.807) is 0 Å². The molecule has 1 aromatic heterocycles. The lowest BCUT2D eigenvalue weighted by atomic mass is 10.1. The zero-order valence-electron chi connectivity index (χ0n) is 15.6. The molecule has 2 aromatic rings. The molecular weight excluding hydrogens is 316 g/mol. The second kappa shape index (κ2) is 7.91. The minimum atomic E-state index is 0.128. The molecule has 1 atom stereocenters. The third-order valence-corrected chi connectivity index (χ3v) is 4.41. The van der Waals surface area contributed by atoms with E-state index in [1.807, 2.05) is 39.8 Å². The summed E-state index contributed by atoms with van der Waals surface area (Å²) in [4.78, 5) is 2.46. The molecule has 0 bridgehead atoms. The lowest BCUT2D eigenvalue weighted by molar-refractivity contribution is 0.221. The predicted molar refractivity (Wildman–Crippen MR) is 97.0 cm³/mol. The zero-order chi connectivity index (χ0) is 17.8. The first-order chi connectivity index (χ1) is 12.1. The molecule has 1 fully saturated rings. The number of benzene rings is 1. The molecule has 3 rings (SSSR count). The number of likely N-dealkylation sites (tertiary alicyclic amines) is 1. The molecular formula is C20H28N2O3. The van der Waals surface area contributed by atoms with E-state index in [9.17, 15) is 0 Å². The van der Waals surface area contributed by atoms with E-state index < -0.39 is 0 Å². The summed E-state index contributed by atoms with van der Waals surface area (Å²) >= 11 is 0. The van der Waals surface area contributed by atoms with Crippen molar-refractivity contribution in [2.45, 2.75) is 59.2 Å². The van der Waals surface area contributed by atoms with Crippen LogP contribution in [0.3, 0.4) is 0 Å². The Balaban J connectivity index is 1.76. The number of ether oxygens (including phenoxy) is 2. The summed E-state index contributed by atoms with van der Waals surface area (Å²) in [6.07, 6.45) is 2.44. The van der Waals surface area contributed by atoms with Crippen molar-refractivity contribution in [3.8, 4) is 11.5 Å². The number of hydrogen-bond acceptors (Lipinski definition) is 5. The normalized spacial score (nSPS) is 18.0. The number of aromatic nitrogens is 1. The van der Waals surface area contributed by atoms with Gasteiger partial charge in [0.15, 0.2) is 11.5 Å². The first kappa shape index (κ1) is 17.8. The summed E-state index contributed by atoms with van der Waals surface area (Å²) in [6, 6.07) is 8.63. The van der Waals surface area contributed by atoms with Gasteiger partial charge < -0.3 is 14.0 Å². The lowest BCUT2D eigenvalue weighted by Crippen LogP contribution is -2.23. The Hall–Kier alpha value is -2.01. The van der Waals surface area contributed by atoms with Crippen molar-refractivity contribution in [3.05, 3.63) is 41.3 Å². The largest absolute Gasteiger partial charge is 0.490 e. The third-order valence-electron chi connectivity index (χ3n) is 4.41. The quantitative estimate of drug-likeness (QED) is 0.740. The molecule has 0 unspecified atom stereocenters. The van der Waals surface area contributed by atoms with E-state index in [2.05, 4.69) is 22.2 Å². The van der Waals surface area contributed by atoms with Crippen LogP contribution in [0.2, 0.25) is 0 Å². The van der Waals surface area contributed by atoms with Crippen LogP contribution in [0.5, 0.6) is 11.5 Å². The van der Waals surface area contributed by atoms with Gasteiger partial charge in [-0.05, 0) is 64.8 Å². The molecule has 5 nitrogen and oxygen atoms in total. The lowest BCUT2D eigenvalue weighted by Gasteiger charge is -2.23. The maximum atomic E-state index is 5.86. The molecule has 0 N–H and O–H groups in total. The van der Waals surface area contributed by atoms with Gasteiger partial charge in [0.25, 0.3) is 0 Å². The van der Waals surface area contributed by atoms with Crippen molar-refractivity contribution in [2.24, 2.45) is 0 Å². The van der Waals surface area contributed by atoms with Crippen LogP contribution < -0.4 is 9.47 Å². The Morgan fingerprint density at radius 2 is 2.12 bits per heavy atom. The van der Waals surface area contributed by atoms with Crippen LogP contribution in [-0.2, 0) is 6.54 Å². The molecule has 0 spiro atoms. The van der Waals surface area contributed by atoms with Crippen LogP contribution in [0.25, 0.3) is 0 Å². The van der Waals surface area contributed by atoms with Gasteiger partial charge in [0, 0.05) is 12.6 Å². The topological polar surface area (TPSA) is 47.7 Å². The Morgan fingerprint density at radius 1 is 1.28 bits per heavy atom. The summed E-state index contributed by atoms with van der Waals surface area (Å²) in [7, 11) is 0. The Morgan fingerprint density at radius 3 is 2.80 bits per heavy atom. The molecule has 5 heteroatoms. The van der Waals surface area contributed by atoms with Crippen LogP contribution in [0.4, 0.5) is 0 Å². The fourth-order valence-corrected chi connectivity index (χ4v) is 3.40. The summed E-state index contributed by atoms with van der Waals surface area (Å²) in [5.41, 5.74) is 2.27. The Bertz CT molecular complexity index is 696. The van der Waals surface area contributed by atoms with E-state index in [-0.39, 0.29) is 6.10 Å². The molecule has 0 amide bonds. The monoisotopic (exact) mass is 344 g/mol. The fourth-order valence-electron chi connectivity index (χ4n) is 3.40. The summed E-state index contributed by atoms with van der Waals surface area (Å²) in [6.45, 7) is 10.6. The highest BCUT2D eigenvalue weighted by molar-refractivity contribution is 5.43. The van der Waals surface area contributed by atoms with Crippen LogP contribution in [0.1, 0.15) is 56.7 Å². The maximum absolute atomic E-state index is 5.86. The maximum Gasteiger partial charge on any atom is 0.161 e. The van der Waals surface area contributed by atoms with E-state index in [4.69, 9.17) is 14.0 Å². The molecule has 136 valence electrons. The fraction of sp³-hybridized carbons (Fsp3) is 0.550. The Labute approximate surface area is 149 Å². The summed E-state index contributed by atoms with van der Waals surface area (Å²) < 4.78 is 16.9. The van der Waals surface area contributed by atoms with Crippen molar-refractivity contribution < 1.29 is 14.0 Å². The highest BCUT2D eigenvalue weighted by Gasteiger charge is 2.28. The highest BCUT2D eigenvalue weighted by Crippen LogP contribution is 2.35. The van der Waals surface area contributed by atoms with Gasteiger partial charge in [0.1, 0.15) is 11.5 Å². The van der Waals surface area contributed by atoms with Crippen molar-refractivity contribution in [2.75, 3.05) is 13.2 Å². The van der Waals surface area contributed by atoms with Crippen molar-refractivity contribution >= 4 is 0 Å². The van der Waals surface area contributed by atoms with E-state index in [1.165, 1.54) is 12.0 Å². The minimum Gasteiger partial charge on any atom is -0.490 e. The molecule has 0 radical (unpaired) electrons. The van der Waals surface area contributed by atoms with Gasteiger partial charge in [-0.25, -0.2) is 0 Å². The predicted octanol–water partition coefficient (Wildman–Crippen LogP) is 4.51. The first-order valence-electron chi connectivity index (χ1n) is 9.16. The summed E-state index contributed by atoms with van der Waals surface area (Å²) in [5, 5.41) is 4.22. The van der Waals surface area contributed by atoms with Crippen molar-refractivity contribution in [3.63, 3.8) is 0 Å². The van der Waals surface area contributed by atoms with E-state index in [0.29, 0.717) is 12.6 Å². The third kappa shape index (κ3) is 4.34. The van der Waals surface area contributed by atoms with Crippen LogP contribution in [0.15, 0.2) is 28.8 Å². The second-order valence-corrected chi connectivity index (χ2v) is 6.87. The number of nitrogens with zero attached hydrogens (tertiary/aromatic N) is 2. The van der Waals surface area contributed by atoms with Crippen LogP contribution >= 0.6 is 0 Å². The standard InChI is InChI=1S/C20H28N2O3/c1-5-23-20-12-16(8-9-19(20)24-14(2)3)13-22-10-6-7-18(22)17-11-15(4)25-21-17/h8-9,11-12,14,18H,5-7,10,13H2,1-4H3/t18-/m1/s1. The molecule has 0 aliphatic carbocycles. The molecule has 1 aliphatic heterocycles. The molecule has 1 saturated heterocycles. The summed E-state index contributed by atoms with van der Waals surface area (Å²) in [5.74, 6) is 2.50. The Kier molecular flexibility index (Phi) is 5.63. The number of aryl methyl sites for hydroxylation is 1. The van der Waals surface area contributed by atoms with Crippen LogP contribution in [-0.4, -0.2) is 29.3 Å². The minimum absolute atomic E-state index is 0.128. The van der Waals surface area contributed by atoms with Gasteiger partial charge in [-0.15, -0.1) is 0 Å². The SMILES string of the molecule is CCOc1cc(CN2CCC[C@@H]2c2cc(C)on2)ccc1OC(C)C. The average Bonchev–Trinajstić information content (AvgIpc) is 3.18. The molecule has 1 aliphatic rings. The number of hydrogen-bond donors (Lipinski definition) is 0. The van der Waals surface area contributed by atoms with Gasteiger partial charge >= 0.3 is 0 Å². The van der Waals surface area contributed by atoms with Crippen LogP contribution in [0, 0.1) is 6.92 Å². The van der Waals surface area contributed by atoms with Gasteiger partial charge in [-0.1, -0.05) is 11.2 Å². The first-order valence-corrected chi connectivity index (χ1v) is 9.16. The molecule has 2 heterocycles. The van der Waals surface area contributed by atoms with Crippen molar-refractivity contribution in [1.29, 1.82) is 0 Å². The molecule has 0 saturated carbocycles. The van der Waals surface area contributed by atoms with Gasteiger partial charge in [0.2, 0.25) is 0 Å². The second-order valence-electron chi connectivity index (χ2n) is 6.87. The number of rotatable bonds is 7. The van der Waals surface area contributed by atoms with Gasteiger partial charge in [0.05, 0.1) is 18.8 Å². The molecule has 25 heavy (non-hydrogen) atoms. The highest BCUT2D eigenvalue weighted by atomic mass is 16.5.